The van der Waals surface area contributed by atoms with Crippen molar-refractivity contribution in [3.63, 3.8) is 0 Å². The van der Waals surface area contributed by atoms with Crippen LogP contribution in [0.1, 0.15) is 30.9 Å². The normalized spacial score (nSPS) is 14.5. The van der Waals surface area contributed by atoms with Gasteiger partial charge in [-0.3, -0.25) is 0 Å². The number of hydrogen-bond acceptors (Lipinski definition) is 2. The van der Waals surface area contributed by atoms with Crippen molar-refractivity contribution in [1.29, 1.82) is 0 Å². The van der Waals surface area contributed by atoms with Crippen LogP contribution in [0.15, 0.2) is 18.2 Å². The summed E-state index contributed by atoms with van der Waals surface area (Å²) in [4.78, 5) is 2.34. The minimum atomic E-state index is 1.05. The molecule has 1 aromatic rings. The molecule has 0 atom stereocenters. The highest BCUT2D eigenvalue weighted by molar-refractivity contribution is 5.51. The Bertz CT molecular complexity index is 360. The Morgan fingerprint density at radius 2 is 1.94 bits per heavy atom. The van der Waals surface area contributed by atoms with Crippen molar-refractivity contribution in [3.05, 3.63) is 29.3 Å². The SMILES string of the molecule is CCNCCN(C)c1ccc2c(c1)CCCC2. The van der Waals surface area contributed by atoms with E-state index in [-0.39, 0.29) is 0 Å². The van der Waals surface area contributed by atoms with Crippen molar-refractivity contribution in [3.8, 4) is 0 Å². The molecular weight excluding hydrogens is 208 g/mol. The Hall–Kier alpha value is -1.02. The second-order valence-electron chi connectivity index (χ2n) is 4.94. The zero-order valence-electron chi connectivity index (χ0n) is 11.1. The summed E-state index contributed by atoms with van der Waals surface area (Å²) < 4.78 is 0. The molecule has 17 heavy (non-hydrogen) atoms. The van der Waals surface area contributed by atoms with Gasteiger partial charge >= 0.3 is 0 Å². The lowest BCUT2D eigenvalue weighted by Gasteiger charge is -2.23. The average molecular weight is 232 g/mol. The molecule has 2 nitrogen and oxygen atoms in total. The zero-order chi connectivity index (χ0) is 12.1. The highest BCUT2D eigenvalue weighted by atomic mass is 15.1. The van der Waals surface area contributed by atoms with Crippen LogP contribution >= 0.6 is 0 Å². The summed E-state index contributed by atoms with van der Waals surface area (Å²) in [6.07, 6.45) is 5.26. The summed E-state index contributed by atoms with van der Waals surface area (Å²) in [5, 5.41) is 3.37. The maximum absolute atomic E-state index is 3.37. The summed E-state index contributed by atoms with van der Waals surface area (Å²) in [6.45, 7) is 5.34. The smallest absolute Gasteiger partial charge is 0.0366 e. The van der Waals surface area contributed by atoms with Gasteiger partial charge in [0.1, 0.15) is 0 Å². The van der Waals surface area contributed by atoms with E-state index in [1.165, 1.54) is 31.4 Å². The summed E-state index contributed by atoms with van der Waals surface area (Å²) in [5.74, 6) is 0. The topological polar surface area (TPSA) is 15.3 Å². The Labute approximate surface area is 105 Å². The van der Waals surface area contributed by atoms with Crippen molar-refractivity contribution in [2.45, 2.75) is 32.6 Å². The second kappa shape index (κ2) is 6.06. The summed E-state index contributed by atoms with van der Waals surface area (Å²) in [5.41, 5.74) is 4.51. The van der Waals surface area contributed by atoms with E-state index in [9.17, 15) is 0 Å². The highest BCUT2D eigenvalue weighted by Crippen LogP contribution is 2.25. The number of aryl methyl sites for hydroxylation is 2. The largest absolute Gasteiger partial charge is 0.373 e. The van der Waals surface area contributed by atoms with Crippen molar-refractivity contribution >= 4 is 5.69 Å². The predicted molar refractivity (Wildman–Crippen MR) is 74.9 cm³/mol. The summed E-state index contributed by atoms with van der Waals surface area (Å²) in [7, 11) is 2.18. The van der Waals surface area contributed by atoms with Gasteiger partial charge in [-0.15, -0.1) is 0 Å². The highest BCUT2D eigenvalue weighted by Gasteiger charge is 2.10. The molecule has 94 valence electrons. The Morgan fingerprint density at radius 3 is 2.71 bits per heavy atom. The lowest BCUT2D eigenvalue weighted by Crippen LogP contribution is -2.29. The van der Waals surface area contributed by atoms with Gasteiger partial charge in [-0.25, -0.2) is 0 Å². The minimum absolute atomic E-state index is 1.05. The Kier molecular flexibility index (Phi) is 4.43. The van der Waals surface area contributed by atoms with E-state index in [0.717, 1.165) is 19.6 Å². The molecule has 0 amide bonds. The first-order chi connectivity index (χ1) is 8.31. The van der Waals surface area contributed by atoms with Crippen molar-refractivity contribution in [2.75, 3.05) is 31.6 Å². The van der Waals surface area contributed by atoms with Crippen molar-refractivity contribution in [1.82, 2.24) is 5.32 Å². The Balaban J connectivity index is 2.00. The van der Waals surface area contributed by atoms with Gasteiger partial charge in [0.2, 0.25) is 0 Å². The average Bonchev–Trinajstić information content (AvgIpc) is 2.38. The lowest BCUT2D eigenvalue weighted by atomic mass is 9.91. The van der Waals surface area contributed by atoms with Crippen LogP contribution in [0.5, 0.6) is 0 Å². The quantitative estimate of drug-likeness (QED) is 0.785. The maximum Gasteiger partial charge on any atom is 0.0366 e. The molecule has 2 rings (SSSR count). The lowest BCUT2D eigenvalue weighted by molar-refractivity contribution is 0.683. The predicted octanol–water partition coefficient (Wildman–Crippen LogP) is 2.61. The van der Waals surface area contributed by atoms with Gasteiger partial charge in [0, 0.05) is 25.8 Å². The number of rotatable bonds is 5. The Morgan fingerprint density at radius 1 is 1.18 bits per heavy atom. The van der Waals surface area contributed by atoms with E-state index < -0.39 is 0 Å². The zero-order valence-corrected chi connectivity index (χ0v) is 11.1. The fourth-order valence-electron chi connectivity index (χ4n) is 2.51. The number of anilines is 1. The van der Waals surface area contributed by atoms with E-state index >= 15 is 0 Å². The monoisotopic (exact) mass is 232 g/mol. The second-order valence-corrected chi connectivity index (χ2v) is 4.94. The fraction of sp³-hybridized carbons (Fsp3) is 0.600. The molecular formula is C15H24N2. The van der Waals surface area contributed by atoms with Crippen LogP contribution < -0.4 is 10.2 Å². The molecule has 0 bridgehead atoms. The third-order valence-corrected chi connectivity index (χ3v) is 3.65. The molecule has 0 aliphatic heterocycles. The van der Waals surface area contributed by atoms with Gasteiger partial charge in [-0.1, -0.05) is 13.0 Å². The van der Waals surface area contributed by atoms with Gasteiger partial charge in [0.25, 0.3) is 0 Å². The first-order valence-electron chi connectivity index (χ1n) is 6.85. The molecule has 1 aliphatic carbocycles. The van der Waals surface area contributed by atoms with E-state index in [4.69, 9.17) is 0 Å². The fourth-order valence-corrected chi connectivity index (χ4v) is 2.51. The van der Waals surface area contributed by atoms with Crippen molar-refractivity contribution in [2.24, 2.45) is 0 Å². The molecule has 2 heteroatoms. The molecule has 0 saturated heterocycles. The summed E-state index contributed by atoms with van der Waals surface area (Å²) >= 11 is 0. The van der Waals surface area contributed by atoms with Crippen LogP contribution in [-0.4, -0.2) is 26.7 Å². The molecule has 1 aromatic carbocycles. The van der Waals surface area contributed by atoms with Crippen LogP contribution in [0, 0.1) is 0 Å². The molecule has 0 unspecified atom stereocenters. The molecule has 0 saturated carbocycles. The van der Waals surface area contributed by atoms with E-state index in [2.05, 4.69) is 42.4 Å². The van der Waals surface area contributed by atoms with Gasteiger partial charge in [0.15, 0.2) is 0 Å². The molecule has 1 aliphatic rings. The first kappa shape index (κ1) is 12.4. The number of hydrogen-bond donors (Lipinski definition) is 1. The number of benzene rings is 1. The van der Waals surface area contributed by atoms with Crippen molar-refractivity contribution < 1.29 is 0 Å². The van der Waals surface area contributed by atoms with Crippen LogP contribution in [0.2, 0.25) is 0 Å². The molecule has 0 aromatic heterocycles. The molecule has 0 heterocycles. The van der Waals surface area contributed by atoms with E-state index in [0.29, 0.717) is 0 Å². The number of likely N-dealkylation sites (N-methyl/N-ethyl adjacent to an activating group) is 2. The maximum atomic E-state index is 3.37. The number of nitrogens with one attached hydrogen (secondary N) is 1. The first-order valence-corrected chi connectivity index (χ1v) is 6.85. The number of fused-ring (bicyclic) bond motifs is 1. The third-order valence-electron chi connectivity index (χ3n) is 3.65. The van der Waals surface area contributed by atoms with Gasteiger partial charge in [-0.2, -0.15) is 0 Å². The molecule has 0 spiro atoms. The van der Waals surface area contributed by atoms with E-state index in [1.54, 1.807) is 11.1 Å². The molecule has 1 N–H and O–H groups in total. The van der Waals surface area contributed by atoms with E-state index in [1.807, 2.05) is 0 Å². The van der Waals surface area contributed by atoms with Crippen LogP contribution in [-0.2, 0) is 12.8 Å². The third kappa shape index (κ3) is 3.22. The number of nitrogens with zero attached hydrogens (tertiary/aromatic N) is 1. The molecule has 0 radical (unpaired) electrons. The minimum Gasteiger partial charge on any atom is -0.373 e. The van der Waals surface area contributed by atoms with Gasteiger partial charge in [0.05, 0.1) is 0 Å². The van der Waals surface area contributed by atoms with Crippen LogP contribution in [0.4, 0.5) is 5.69 Å². The van der Waals surface area contributed by atoms with Crippen LogP contribution in [0.25, 0.3) is 0 Å². The van der Waals surface area contributed by atoms with Gasteiger partial charge in [-0.05, 0) is 55.5 Å². The summed E-state index contributed by atoms with van der Waals surface area (Å²) in [6, 6.07) is 6.99. The van der Waals surface area contributed by atoms with Crippen LogP contribution in [0.3, 0.4) is 0 Å². The standard InChI is InChI=1S/C15H24N2/c1-3-16-10-11-17(2)15-9-8-13-6-4-5-7-14(13)12-15/h8-9,12,16H,3-7,10-11H2,1-2H3. The molecule has 0 fully saturated rings. The van der Waals surface area contributed by atoms with Gasteiger partial charge < -0.3 is 10.2 Å².